The molecule has 0 aliphatic carbocycles. The van der Waals surface area contributed by atoms with E-state index in [4.69, 9.17) is 56.9 Å². The van der Waals surface area contributed by atoms with Crippen molar-refractivity contribution in [3.8, 4) is 0 Å². The molecule has 0 unspecified atom stereocenters. The fourth-order valence-electron chi connectivity index (χ4n) is 4.60. The second-order valence-corrected chi connectivity index (χ2v) is 20.5. The Kier molecular flexibility index (Phi) is 36.1. The highest BCUT2D eigenvalue weighted by atomic mass is 35.8. The van der Waals surface area contributed by atoms with Crippen LogP contribution in [-0.2, 0) is 23.7 Å². The van der Waals surface area contributed by atoms with Gasteiger partial charge in [0.05, 0.1) is 13.2 Å². The van der Waals surface area contributed by atoms with E-state index in [1.807, 2.05) is 0 Å². The summed E-state index contributed by atoms with van der Waals surface area (Å²) in [6, 6.07) is -1.58. The SMILES string of the molecule is COCCOCCCCCCOCCCCCCOCCCCCCOCCCCCCCCCCC[Si](Cl)(Cl)Cl. The van der Waals surface area contributed by atoms with Crippen molar-refractivity contribution in [2.45, 2.75) is 141 Å². The smallest absolute Gasteiger partial charge is 0.341 e. The van der Waals surface area contributed by atoms with Gasteiger partial charge in [-0.25, -0.2) is 0 Å². The number of unbranched alkanes of at least 4 members (excludes halogenated alkanes) is 17. The van der Waals surface area contributed by atoms with Crippen molar-refractivity contribution in [2.24, 2.45) is 0 Å². The summed E-state index contributed by atoms with van der Waals surface area (Å²) in [7, 11) is 1.70. The quantitative estimate of drug-likeness (QED) is 0.0379. The lowest BCUT2D eigenvalue weighted by atomic mass is 10.1. The third kappa shape index (κ3) is 40.9. The molecule has 0 amide bonds. The van der Waals surface area contributed by atoms with Gasteiger partial charge in [0, 0.05) is 53.4 Å². The van der Waals surface area contributed by atoms with Crippen LogP contribution in [0.25, 0.3) is 0 Å². The molecule has 0 saturated heterocycles. The van der Waals surface area contributed by atoms with E-state index in [1.165, 1.54) is 116 Å². The minimum Gasteiger partial charge on any atom is -0.382 e. The van der Waals surface area contributed by atoms with Gasteiger partial charge in [0.15, 0.2) is 0 Å². The molecule has 0 rings (SSSR count). The largest absolute Gasteiger partial charge is 0.382 e. The van der Waals surface area contributed by atoms with E-state index in [-0.39, 0.29) is 0 Å². The summed E-state index contributed by atoms with van der Waals surface area (Å²) in [5.41, 5.74) is 0. The molecule has 0 saturated carbocycles. The molecule has 0 aliphatic rings. The lowest BCUT2D eigenvalue weighted by Gasteiger charge is -2.07. The number of ether oxygens (including phenoxy) is 5. The number of methoxy groups -OCH3 is 1. The van der Waals surface area contributed by atoms with Crippen LogP contribution in [0.5, 0.6) is 0 Å². The molecule has 0 N–H and O–H groups in total. The van der Waals surface area contributed by atoms with E-state index in [2.05, 4.69) is 0 Å². The van der Waals surface area contributed by atoms with Crippen LogP contribution < -0.4 is 0 Å². The van der Waals surface area contributed by atoms with Crippen LogP contribution in [0.4, 0.5) is 0 Å². The number of hydrogen-bond donors (Lipinski definition) is 0. The lowest BCUT2D eigenvalue weighted by Crippen LogP contribution is -2.07. The molecular weight excluding hydrogens is 599 g/mol. The van der Waals surface area contributed by atoms with Gasteiger partial charge >= 0.3 is 6.00 Å². The summed E-state index contributed by atoms with van der Waals surface area (Å²) in [4.78, 5) is 0. The van der Waals surface area contributed by atoms with E-state index in [0.29, 0.717) is 13.2 Å². The van der Waals surface area contributed by atoms with Gasteiger partial charge in [0.2, 0.25) is 0 Å². The highest BCUT2D eigenvalue weighted by Crippen LogP contribution is 2.27. The van der Waals surface area contributed by atoms with Crippen molar-refractivity contribution >= 4 is 39.2 Å². The van der Waals surface area contributed by atoms with E-state index in [0.717, 1.165) is 71.6 Å². The van der Waals surface area contributed by atoms with Crippen molar-refractivity contribution in [3.63, 3.8) is 0 Å². The molecule has 0 aromatic heterocycles. The van der Waals surface area contributed by atoms with E-state index >= 15 is 0 Å². The zero-order valence-electron chi connectivity index (χ0n) is 26.6. The topological polar surface area (TPSA) is 46.2 Å². The van der Waals surface area contributed by atoms with Gasteiger partial charge in [0.1, 0.15) is 0 Å². The third-order valence-corrected chi connectivity index (χ3v) is 9.78. The van der Waals surface area contributed by atoms with E-state index < -0.39 is 6.00 Å². The van der Waals surface area contributed by atoms with Crippen molar-refractivity contribution < 1.29 is 23.7 Å². The Morgan fingerprint density at radius 2 is 0.561 bits per heavy atom. The fourth-order valence-corrected chi connectivity index (χ4v) is 6.46. The normalized spacial score (nSPS) is 12.0. The summed E-state index contributed by atoms with van der Waals surface area (Å²) >= 11 is 17.7. The Hall–Kier alpha value is 0.887. The van der Waals surface area contributed by atoms with E-state index in [9.17, 15) is 0 Å². The first-order valence-corrected chi connectivity index (χ1v) is 22.2. The molecule has 0 spiro atoms. The van der Waals surface area contributed by atoms with E-state index in [1.54, 1.807) is 7.11 Å². The maximum Gasteiger partial charge on any atom is 0.341 e. The first-order valence-electron chi connectivity index (χ1n) is 16.9. The fraction of sp³-hybridized carbons (Fsp3) is 1.00. The van der Waals surface area contributed by atoms with Crippen molar-refractivity contribution in [1.29, 1.82) is 0 Å². The second kappa shape index (κ2) is 35.4. The highest BCUT2D eigenvalue weighted by Gasteiger charge is 2.23. The van der Waals surface area contributed by atoms with Crippen molar-refractivity contribution in [1.82, 2.24) is 0 Å². The van der Waals surface area contributed by atoms with Crippen LogP contribution >= 0.6 is 33.2 Å². The van der Waals surface area contributed by atoms with Crippen LogP contribution in [0.15, 0.2) is 0 Å². The molecule has 0 heterocycles. The molecule has 0 bridgehead atoms. The minimum absolute atomic E-state index is 0.687. The predicted octanol–water partition coefficient (Wildman–Crippen LogP) is 10.5. The average molecular weight is 664 g/mol. The molecule has 0 atom stereocenters. The molecule has 0 aromatic carbocycles. The highest BCUT2D eigenvalue weighted by molar-refractivity contribution is 7.64. The standard InChI is InChI=1S/C32H65Cl3O5Si/c1-36-30-31-40-29-21-13-12-20-28-39-27-19-11-10-18-26-38-25-17-9-8-16-24-37-23-15-7-5-3-2-4-6-14-22-32-41(33,34)35/h2-32H2,1H3. The molecule has 41 heavy (non-hydrogen) atoms. The Bertz CT molecular complexity index is 487. The monoisotopic (exact) mass is 662 g/mol. The molecular formula is C32H65Cl3O5Si. The van der Waals surface area contributed by atoms with Crippen LogP contribution in [0.2, 0.25) is 6.04 Å². The average Bonchev–Trinajstić information content (AvgIpc) is 2.94. The number of rotatable bonds is 36. The number of halogens is 3. The maximum absolute atomic E-state index is 5.91. The zero-order chi connectivity index (χ0) is 30.0. The van der Waals surface area contributed by atoms with Crippen molar-refractivity contribution in [3.05, 3.63) is 0 Å². The van der Waals surface area contributed by atoms with Gasteiger partial charge in [-0.3, -0.25) is 0 Å². The third-order valence-electron chi connectivity index (χ3n) is 7.16. The Labute approximate surface area is 269 Å². The summed E-state index contributed by atoms with van der Waals surface area (Å²) in [6.07, 6.45) is 25.7. The minimum atomic E-state index is -2.39. The van der Waals surface area contributed by atoms with Gasteiger partial charge in [-0.05, 0) is 51.0 Å². The Morgan fingerprint density at radius 3 is 0.829 bits per heavy atom. The van der Waals surface area contributed by atoms with Gasteiger partial charge in [-0.2, -0.15) is 0 Å². The zero-order valence-corrected chi connectivity index (χ0v) is 29.9. The molecule has 0 fully saturated rings. The predicted molar refractivity (Wildman–Crippen MR) is 180 cm³/mol. The molecule has 0 radical (unpaired) electrons. The van der Waals surface area contributed by atoms with Gasteiger partial charge in [0.25, 0.3) is 0 Å². The lowest BCUT2D eigenvalue weighted by molar-refractivity contribution is 0.0680. The summed E-state index contributed by atoms with van der Waals surface area (Å²) in [5, 5.41) is 0. The molecule has 0 aliphatic heterocycles. The van der Waals surface area contributed by atoms with Crippen molar-refractivity contribution in [2.75, 3.05) is 66.6 Å². The Morgan fingerprint density at radius 1 is 0.317 bits per heavy atom. The van der Waals surface area contributed by atoms with Gasteiger partial charge < -0.3 is 23.7 Å². The molecule has 5 nitrogen and oxygen atoms in total. The summed E-state index contributed by atoms with van der Waals surface area (Å²) in [5.74, 6) is 0. The van der Waals surface area contributed by atoms with Crippen LogP contribution in [-0.4, -0.2) is 72.6 Å². The first-order chi connectivity index (χ1) is 20.1. The summed E-state index contributed by atoms with van der Waals surface area (Å²) in [6.45, 7) is 7.66. The maximum atomic E-state index is 5.91. The van der Waals surface area contributed by atoms with Gasteiger partial charge in [-0.15, -0.1) is 33.2 Å². The van der Waals surface area contributed by atoms with Gasteiger partial charge in [-0.1, -0.05) is 89.9 Å². The second-order valence-electron chi connectivity index (χ2n) is 11.2. The number of hydrogen-bond acceptors (Lipinski definition) is 5. The first kappa shape index (κ1) is 41.9. The van der Waals surface area contributed by atoms with Crippen LogP contribution in [0, 0.1) is 0 Å². The van der Waals surface area contributed by atoms with Crippen LogP contribution in [0.1, 0.15) is 135 Å². The molecule has 248 valence electrons. The molecule has 9 heteroatoms. The Balaban J connectivity index is 3.04. The van der Waals surface area contributed by atoms with Crippen LogP contribution in [0.3, 0.4) is 0 Å². The summed E-state index contributed by atoms with van der Waals surface area (Å²) < 4.78 is 27.8. The molecule has 0 aromatic rings.